The van der Waals surface area contributed by atoms with Gasteiger partial charge in [-0.05, 0) is 44.5 Å². The number of rotatable bonds is 5. The van der Waals surface area contributed by atoms with E-state index in [-0.39, 0.29) is 0 Å². The number of hydrogen-bond acceptors (Lipinski definition) is 4. The van der Waals surface area contributed by atoms with Crippen LogP contribution < -0.4 is 10.6 Å². The van der Waals surface area contributed by atoms with E-state index in [1.54, 1.807) is 12.5 Å². The van der Waals surface area contributed by atoms with E-state index in [1.807, 2.05) is 51.1 Å². The van der Waals surface area contributed by atoms with E-state index in [9.17, 15) is 4.79 Å². The van der Waals surface area contributed by atoms with Crippen molar-refractivity contribution in [1.82, 2.24) is 5.32 Å². The summed E-state index contributed by atoms with van der Waals surface area (Å²) in [6, 6.07) is 9.81. The smallest absolute Gasteiger partial charge is 0.407 e. The van der Waals surface area contributed by atoms with Gasteiger partial charge in [0.2, 0.25) is 0 Å². The second-order valence-corrected chi connectivity index (χ2v) is 6.04. The molecule has 2 N–H and O–H groups in total. The van der Waals surface area contributed by atoms with Gasteiger partial charge in [0.25, 0.3) is 0 Å². The fraction of sp³-hybridized carbons (Fsp3) is 0.353. The average molecular weight is 302 g/mol. The molecule has 1 aromatic carbocycles. The predicted molar refractivity (Wildman–Crippen MR) is 85.6 cm³/mol. The molecule has 0 aliphatic carbocycles. The molecule has 118 valence electrons. The van der Waals surface area contributed by atoms with Crippen LogP contribution in [0.5, 0.6) is 0 Å². The molecule has 5 nitrogen and oxygen atoms in total. The minimum absolute atomic E-state index is 0.413. The van der Waals surface area contributed by atoms with Gasteiger partial charge in [-0.2, -0.15) is 0 Å². The number of ether oxygens (including phenoxy) is 1. The standard InChI is InChI=1S/C17H22N2O3/c1-17(2,3)22-16(20)19-10-13-5-4-6-15(9-13)18-11-14-7-8-21-12-14/h4-9,12,18H,10-11H2,1-3H3,(H,19,20). The number of amides is 1. The molecule has 0 bridgehead atoms. The van der Waals surface area contributed by atoms with Crippen LogP contribution in [0.25, 0.3) is 0 Å². The normalized spacial score (nSPS) is 11.0. The zero-order valence-electron chi connectivity index (χ0n) is 13.2. The monoisotopic (exact) mass is 302 g/mol. The van der Waals surface area contributed by atoms with Gasteiger partial charge in [-0.1, -0.05) is 12.1 Å². The van der Waals surface area contributed by atoms with Crippen LogP contribution in [-0.4, -0.2) is 11.7 Å². The molecule has 22 heavy (non-hydrogen) atoms. The first-order valence-corrected chi connectivity index (χ1v) is 7.23. The summed E-state index contributed by atoms with van der Waals surface area (Å²) in [6.07, 6.45) is 2.95. The molecule has 0 atom stereocenters. The second-order valence-electron chi connectivity index (χ2n) is 6.04. The van der Waals surface area contributed by atoms with Gasteiger partial charge in [-0.3, -0.25) is 0 Å². The molecule has 0 saturated heterocycles. The van der Waals surface area contributed by atoms with Gasteiger partial charge >= 0.3 is 6.09 Å². The van der Waals surface area contributed by atoms with E-state index in [0.29, 0.717) is 13.1 Å². The Bertz CT molecular complexity index is 601. The highest BCUT2D eigenvalue weighted by Gasteiger charge is 2.15. The van der Waals surface area contributed by atoms with Gasteiger partial charge in [-0.25, -0.2) is 4.79 Å². The molecule has 5 heteroatoms. The summed E-state index contributed by atoms with van der Waals surface area (Å²) < 4.78 is 10.2. The van der Waals surface area contributed by atoms with E-state index in [0.717, 1.165) is 16.8 Å². The lowest BCUT2D eigenvalue weighted by Crippen LogP contribution is -2.32. The second kappa shape index (κ2) is 7.02. The van der Waals surface area contributed by atoms with Gasteiger partial charge in [0.1, 0.15) is 5.60 Å². The summed E-state index contributed by atoms with van der Waals surface area (Å²) in [5, 5.41) is 6.06. The molecule has 0 fully saturated rings. The average Bonchev–Trinajstić information content (AvgIpc) is 2.95. The van der Waals surface area contributed by atoms with Crippen LogP contribution >= 0.6 is 0 Å². The third-order valence-electron chi connectivity index (χ3n) is 2.84. The summed E-state index contributed by atoms with van der Waals surface area (Å²) >= 11 is 0. The molecule has 0 spiro atoms. The first kappa shape index (κ1) is 15.9. The van der Waals surface area contributed by atoms with Crippen LogP contribution in [0.2, 0.25) is 0 Å². The van der Waals surface area contributed by atoms with Crippen molar-refractivity contribution in [2.24, 2.45) is 0 Å². The van der Waals surface area contributed by atoms with Crippen molar-refractivity contribution in [3.05, 3.63) is 54.0 Å². The minimum Gasteiger partial charge on any atom is -0.472 e. The highest BCUT2D eigenvalue weighted by molar-refractivity contribution is 5.67. The summed E-state index contributed by atoms with van der Waals surface area (Å²) in [4.78, 5) is 11.6. The molecule has 1 amide bonds. The van der Waals surface area contributed by atoms with Crippen molar-refractivity contribution in [3.8, 4) is 0 Å². The largest absolute Gasteiger partial charge is 0.472 e. The Labute approximate surface area is 130 Å². The number of alkyl carbamates (subject to hydrolysis) is 1. The molecule has 2 rings (SSSR count). The van der Waals surface area contributed by atoms with Crippen molar-refractivity contribution >= 4 is 11.8 Å². The summed E-state index contributed by atoms with van der Waals surface area (Å²) in [6.45, 7) is 6.64. The maximum absolute atomic E-state index is 11.6. The zero-order valence-corrected chi connectivity index (χ0v) is 13.2. The van der Waals surface area contributed by atoms with Gasteiger partial charge in [-0.15, -0.1) is 0 Å². The van der Waals surface area contributed by atoms with Gasteiger partial charge < -0.3 is 19.8 Å². The van der Waals surface area contributed by atoms with E-state index in [4.69, 9.17) is 9.15 Å². The molecule has 0 unspecified atom stereocenters. The van der Waals surface area contributed by atoms with Crippen LogP contribution in [0.3, 0.4) is 0 Å². The van der Waals surface area contributed by atoms with Crippen molar-refractivity contribution in [2.45, 2.75) is 39.5 Å². The first-order chi connectivity index (χ1) is 10.4. The lowest BCUT2D eigenvalue weighted by Gasteiger charge is -2.19. The number of carbonyl (C=O) groups is 1. The maximum Gasteiger partial charge on any atom is 0.407 e. The predicted octanol–water partition coefficient (Wildman–Crippen LogP) is 3.92. The lowest BCUT2D eigenvalue weighted by molar-refractivity contribution is 0.0523. The molecule has 0 radical (unpaired) electrons. The molecule has 1 heterocycles. The van der Waals surface area contributed by atoms with Crippen LogP contribution in [-0.2, 0) is 17.8 Å². The Morgan fingerprint density at radius 3 is 2.68 bits per heavy atom. The van der Waals surface area contributed by atoms with E-state index < -0.39 is 11.7 Å². The first-order valence-electron chi connectivity index (χ1n) is 7.23. The van der Waals surface area contributed by atoms with Crippen molar-refractivity contribution in [1.29, 1.82) is 0 Å². The van der Waals surface area contributed by atoms with Crippen LogP contribution in [0.15, 0.2) is 47.3 Å². The molecular formula is C17H22N2O3. The molecule has 2 aromatic rings. The minimum atomic E-state index is -0.488. The SMILES string of the molecule is CC(C)(C)OC(=O)NCc1cccc(NCc2ccoc2)c1. The summed E-state index contributed by atoms with van der Waals surface area (Å²) in [5.74, 6) is 0. The summed E-state index contributed by atoms with van der Waals surface area (Å²) in [7, 11) is 0. The fourth-order valence-corrected chi connectivity index (χ4v) is 1.88. The number of hydrogen-bond donors (Lipinski definition) is 2. The molecular weight excluding hydrogens is 280 g/mol. The van der Waals surface area contributed by atoms with Crippen molar-refractivity contribution in [2.75, 3.05) is 5.32 Å². The molecule has 0 saturated carbocycles. The number of benzene rings is 1. The lowest BCUT2D eigenvalue weighted by atomic mass is 10.2. The number of nitrogens with one attached hydrogen (secondary N) is 2. The molecule has 0 aliphatic rings. The third kappa shape index (κ3) is 5.52. The Hall–Kier alpha value is -2.43. The fourth-order valence-electron chi connectivity index (χ4n) is 1.88. The Morgan fingerprint density at radius 2 is 2.00 bits per heavy atom. The number of anilines is 1. The quantitative estimate of drug-likeness (QED) is 0.878. The van der Waals surface area contributed by atoms with Crippen molar-refractivity contribution < 1.29 is 13.9 Å². The molecule has 1 aromatic heterocycles. The topological polar surface area (TPSA) is 63.5 Å². The van der Waals surface area contributed by atoms with Gasteiger partial charge in [0.05, 0.1) is 12.5 Å². The van der Waals surface area contributed by atoms with Crippen LogP contribution in [0.4, 0.5) is 10.5 Å². The van der Waals surface area contributed by atoms with E-state index in [2.05, 4.69) is 10.6 Å². The molecule has 0 aliphatic heterocycles. The van der Waals surface area contributed by atoms with Crippen LogP contribution in [0, 0.1) is 0 Å². The van der Waals surface area contributed by atoms with Crippen molar-refractivity contribution in [3.63, 3.8) is 0 Å². The highest BCUT2D eigenvalue weighted by atomic mass is 16.6. The summed E-state index contributed by atoms with van der Waals surface area (Å²) in [5.41, 5.74) is 2.59. The van der Waals surface area contributed by atoms with Gasteiger partial charge in [0, 0.05) is 24.3 Å². The third-order valence-corrected chi connectivity index (χ3v) is 2.84. The van der Waals surface area contributed by atoms with E-state index >= 15 is 0 Å². The Balaban J connectivity index is 1.84. The van der Waals surface area contributed by atoms with Gasteiger partial charge in [0.15, 0.2) is 0 Å². The van der Waals surface area contributed by atoms with Crippen LogP contribution in [0.1, 0.15) is 31.9 Å². The number of furan rings is 1. The zero-order chi connectivity index (χ0) is 16.0. The Morgan fingerprint density at radius 1 is 1.18 bits per heavy atom. The maximum atomic E-state index is 11.6. The van der Waals surface area contributed by atoms with E-state index in [1.165, 1.54) is 0 Å². The Kier molecular flexibility index (Phi) is 5.09. The number of carbonyl (C=O) groups excluding carboxylic acids is 1. The highest BCUT2D eigenvalue weighted by Crippen LogP contribution is 2.13.